The number of aliphatic hydroxyl groups is 1. The van der Waals surface area contributed by atoms with Crippen molar-refractivity contribution in [2.75, 3.05) is 6.61 Å². The van der Waals surface area contributed by atoms with Crippen LogP contribution in [0, 0.1) is 0 Å². The first kappa shape index (κ1) is 10.4. The van der Waals surface area contributed by atoms with Gasteiger partial charge in [-0.2, -0.15) is 0 Å². The smallest absolute Gasteiger partial charge is 0.251 e. The molecule has 1 saturated heterocycles. The Morgan fingerprint density at radius 2 is 2.38 bits per heavy atom. The number of thiocarbonyl (C=S) groups is 1. The molecule has 0 saturated carbocycles. The van der Waals surface area contributed by atoms with Crippen LogP contribution in [-0.2, 0) is 4.79 Å². The van der Waals surface area contributed by atoms with E-state index in [0.717, 1.165) is 0 Å². The van der Waals surface area contributed by atoms with Gasteiger partial charge < -0.3 is 10.4 Å². The van der Waals surface area contributed by atoms with Crippen LogP contribution in [0.2, 0.25) is 0 Å². The summed E-state index contributed by atoms with van der Waals surface area (Å²) in [5, 5.41) is 12.3. The molecule has 1 amide bonds. The summed E-state index contributed by atoms with van der Waals surface area (Å²) in [5.41, 5.74) is 0. The van der Waals surface area contributed by atoms with Gasteiger partial charge in [-0.15, -0.1) is 0 Å². The van der Waals surface area contributed by atoms with Gasteiger partial charge in [0, 0.05) is 0 Å². The standard InChI is InChI=1S/C8H14N2O2S/c1-3-6(4-11)10-7(12)5(2)9-8(10)13/h5-6,11H,3-4H2,1-2H3,(H,9,13). The molecular weight excluding hydrogens is 188 g/mol. The number of nitrogens with one attached hydrogen (secondary N) is 1. The molecule has 74 valence electrons. The van der Waals surface area contributed by atoms with E-state index in [4.69, 9.17) is 17.3 Å². The highest BCUT2D eigenvalue weighted by Gasteiger charge is 2.35. The number of hydrogen-bond acceptors (Lipinski definition) is 3. The Balaban J connectivity index is 2.78. The van der Waals surface area contributed by atoms with E-state index in [1.165, 1.54) is 4.90 Å². The molecule has 1 fully saturated rings. The molecule has 2 atom stereocenters. The summed E-state index contributed by atoms with van der Waals surface area (Å²) in [6.07, 6.45) is 0.705. The Kier molecular flexibility index (Phi) is 3.22. The lowest BCUT2D eigenvalue weighted by atomic mass is 10.2. The summed E-state index contributed by atoms with van der Waals surface area (Å²) in [7, 11) is 0. The summed E-state index contributed by atoms with van der Waals surface area (Å²) in [6.45, 7) is 3.63. The Labute approximate surface area is 82.9 Å². The third-order valence-electron chi connectivity index (χ3n) is 2.21. The van der Waals surface area contributed by atoms with Gasteiger partial charge in [0.15, 0.2) is 5.11 Å². The molecule has 4 nitrogen and oxygen atoms in total. The van der Waals surface area contributed by atoms with Crippen LogP contribution in [0.5, 0.6) is 0 Å². The number of amides is 1. The fourth-order valence-electron chi connectivity index (χ4n) is 1.36. The van der Waals surface area contributed by atoms with Crippen LogP contribution in [0.15, 0.2) is 0 Å². The summed E-state index contributed by atoms with van der Waals surface area (Å²) >= 11 is 4.99. The van der Waals surface area contributed by atoms with Crippen molar-refractivity contribution in [1.82, 2.24) is 10.2 Å². The Morgan fingerprint density at radius 1 is 1.77 bits per heavy atom. The molecule has 0 aromatic heterocycles. The molecule has 0 bridgehead atoms. The van der Waals surface area contributed by atoms with Crippen LogP contribution < -0.4 is 5.32 Å². The lowest BCUT2D eigenvalue weighted by Crippen LogP contribution is -2.42. The van der Waals surface area contributed by atoms with Gasteiger partial charge in [0.05, 0.1) is 12.6 Å². The number of hydrogen-bond donors (Lipinski definition) is 2. The van der Waals surface area contributed by atoms with Gasteiger partial charge in [0.25, 0.3) is 5.91 Å². The second kappa shape index (κ2) is 4.02. The first-order valence-electron chi connectivity index (χ1n) is 4.36. The van der Waals surface area contributed by atoms with Crippen molar-refractivity contribution >= 4 is 23.2 Å². The lowest BCUT2D eigenvalue weighted by molar-refractivity contribution is -0.128. The van der Waals surface area contributed by atoms with E-state index in [0.29, 0.717) is 11.5 Å². The maximum atomic E-state index is 11.5. The first-order chi connectivity index (χ1) is 6.11. The third-order valence-corrected chi connectivity index (χ3v) is 2.53. The number of nitrogens with zero attached hydrogens (tertiary/aromatic N) is 1. The van der Waals surface area contributed by atoms with Crippen molar-refractivity contribution in [3.05, 3.63) is 0 Å². The average molecular weight is 202 g/mol. The Bertz CT molecular complexity index is 228. The zero-order valence-corrected chi connectivity index (χ0v) is 8.60. The highest BCUT2D eigenvalue weighted by molar-refractivity contribution is 7.80. The van der Waals surface area contributed by atoms with Crippen molar-refractivity contribution in [3.63, 3.8) is 0 Å². The monoisotopic (exact) mass is 202 g/mol. The molecular formula is C8H14N2O2S. The van der Waals surface area contributed by atoms with E-state index in [1.54, 1.807) is 6.92 Å². The lowest BCUT2D eigenvalue weighted by Gasteiger charge is -2.23. The summed E-state index contributed by atoms with van der Waals surface area (Å²) < 4.78 is 0. The molecule has 13 heavy (non-hydrogen) atoms. The molecule has 0 aromatic carbocycles. The molecule has 1 rings (SSSR count). The quantitative estimate of drug-likeness (QED) is 0.626. The highest BCUT2D eigenvalue weighted by Crippen LogP contribution is 2.12. The van der Waals surface area contributed by atoms with Crippen molar-refractivity contribution in [1.29, 1.82) is 0 Å². The van der Waals surface area contributed by atoms with Crippen LogP contribution in [0.3, 0.4) is 0 Å². The Morgan fingerprint density at radius 3 is 2.69 bits per heavy atom. The zero-order valence-electron chi connectivity index (χ0n) is 7.78. The van der Waals surface area contributed by atoms with Crippen LogP contribution in [0.4, 0.5) is 0 Å². The van der Waals surface area contributed by atoms with Crippen LogP contribution in [0.25, 0.3) is 0 Å². The summed E-state index contributed by atoms with van der Waals surface area (Å²) in [6, 6.07) is -0.439. The van der Waals surface area contributed by atoms with Gasteiger partial charge in [-0.1, -0.05) is 6.92 Å². The van der Waals surface area contributed by atoms with Crippen molar-refractivity contribution < 1.29 is 9.90 Å². The van der Waals surface area contributed by atoms with Crippen LogP contribution in [-0.4, -0.2) is 39.7 Å². The molecule has 1 heterocycles. The largest absolute Gasteiger partial charge is 0.394 e. The van der Waals surface area contributed by atoms with E-state index >= 15 is 0 Å². The molecule has 1 aliphatic rings. The van der Waals surface area contributed by atoms with E-state index < -0.39 is 0 Å². The predicted octanol–water partition coefficient (Wildman–Crippen LogP) is -0.137. The highest BCUT2D eigenvalue weighted by atomic mass is 32.1. The second-order valence-electron chi connectivity index (χ2n) is 3.12. The number of carbonyl (C=O) groups is 1. The third kappa shape index (κ3) is 1.81. The van der Waals surface area contributed by atoms with Crippen molar-refractivity contribution in [2.24, 2.45) is 0 Å². The van der Waals surface area contributed by atoms with Gasteiger partial charge in [0.1, 0.15) is 6.04 Å². The van der Waals surface area contributed by atoms with Crippen LogP contribution in [0.1, 0.15) is 20.3 Å². The van der Waals surface area contributed by atoms with Gasteiger partial charge in [-0.25, -0.2) is 0 Å². The minimum Gasteiger partial charge on any atom is -0.394 e. The normalized spacial score (nSPS) is 24.8. The minimum atomic E-state index is -0.256. The Hall–Kier alpha value is -0.680. The average Bonchev–Trinajstić information content (AvgIpc) is 2.34. The maximum absolute atomic E-state index is 11.5. The maximum Gasteiger partial charge on any atom is 0.251 e. The molecule has 1 aliphatic heterocycles. The molecule has 5 heteroatoms. The van der Waals surface area contributed by atoms with Gasteiger partial charge in [-0.3, -0.25) is 9.69 Å². The molecule has 0 aromatic rings. The van der Waals surface area contributed by atoms with E-state index in [9.17, 15) is 4.79 Å². The molecule has 0 radical (unpaired) electrons. The summed E-state index contributed by atoms with van der Waals surface area (Å²) in [4.78, 5) is 13.0. The molecule has 0 aliphatic carbocycles. The predicted molar refractivity (Wildman–Crippen MR) is 53.2 cm³/mol. The van der Waals surface area contributed by atoms with Crippen LogP contribution >= 0.6 is 12.2 Å². The molecule has 2 unspecified atom stereocenters. The van der Waals surface area contributed by atoms with Gasteiger partial charge >= 0.3 is 0 Å². The fraction of sp³-hybridized carbons (Fsp3) is 0.750. The minimum absolute atomic E-state index is 0.0449. The number of aliphatic hydroxyl groups excluding tert-OH is 1. The summed E-state index contributed by atoms with van der Waals surface area (Å²) in [5.74, 6) is -0.0501. The van der Waals surface area contributed by atoms with Crippen molar-refractivity contribution in [3.8, 4) is 0 Å². The molecule has 2 N–H and O–H groups in total. The van der Waals surface area contributed by atoms with Gasteiger partial charge in [-0.05, 0) is 25.6 Å². The zero-order chi connectivity index (χ0) is 10.0. The SMILES string of the molecule is CCC(CO)N1C(=O)C(C)NC1=S. The van der Waals surface area contributed by atoms with E-state index in [1.807, 2.05) is 6.92 Å². The van der Waals surface area contributed by atoms with Crippen molar-refractivity contribution in [2.45, 2.75) is 32.4 Å². The second-order valence-corrected chi connectivity index (χ2v) is 3.51. The van der Waals surface area contributed by atoms with E-state index in [-0.39, 0.29) is 24.6 Å². The van der Waals surface area contributed by atoms with E-state index in [2.05, 4.69) is 5.32 Å². The topological polar surface area (TPSA) is 52.6 Å². The number of carbonyl (C=O) groups excluding carboxylic acids is 1. The molecule has 0 spiro atoms. The van der Waals surface area contributed by atoms with Gasteiger partial charge in [0.2, 0.25) is 0 Å². The first-order valence-corrected chi connectivity index (χ1v) is 4.77. The fourth-order valence-corrected chi connectivity index (χ4v) is 1.78. The number of rotatable bonds is 3.